The maximum absolute atomic E-state index is 9.96. The van der Waals surface area contributed by atoms with Crippen molar-refractivity contribution in [3.63, 3.8) is 0 Å². The number of aliphatic hydroxyl groups excluding tert-OH is 1. The largest absolute Gasteiger partial charge is 0.495 e. The molecule has 0 aliphatic heterocycles. The fourth-order valence-corrected chi connectivity index (χ4v) is 1.81. The van der Waals surface area contributed by atoms with Crippen LogP contribution in [-0.4, -0.2) is 28.7 Å². The summed E-state index contributed by atoms with van der Waals surface area (Å²) in [7, 11) is 1.61. The molecule has 1 heterocycles. The zero-order valence-corrected chi connectivity index (χ0v) is 10.8. The van der Waals surface area contributed by atoms with Crippen molar-refractivity contribution in [3.05, 3.63) is 40.9 Å². The molecular weight excluding hydrogens is 250 g/mol. The quantitative estimate of drug-likeness (QED) is 0.626. The van der Waals surface area contributed by atoms with Crippen LogP contribution < -0.4 is 10.1 Å². The summed E-state index contributed by atoms with van der Waals surface area (Å²) < 4.78 is 5.71. The molecule has 1 atom stereocenters. The molecule has 4 N–H and O–H groups in total. The van der Waals surface area contributed by atoms with E-state index in [2.05, 4.69) is 15.3 Å². The van der Waals surface area contributed by atoms with Gasteiger partial charge in [0.15, 0.2) is 4.77 Å². The van der Waals surface area contributed by atoms with Crippen LogP contribution in [0.25, 0.3) is 0 Å². The van der Waals surface area contributed by atoms with E-state index in [0.717, 1.165) is 11.4 Å². The molecule has 0 bridgehead atoms. The number of ether oxygens (including phenoxy) is 1. The number of aliphatic hydroxyl groups is 1. The molecule has 0 aliphatic rings. The van der Waals surface area contributed by atoms with Gasteiger partial charge in [-0.3, -0.25) is 0 Å². The standard InChI is InChI=1S/C12H15N3O2S/c1-17-11-5-3-2-4-8(11)13-7-10(16)9-6-14-12(18)15-9/h2-6,10,13,16H,7H2,1H3,(H2,14,15,18). The molecule has 1 aromatic heterocycles. The number of benzene rings is 1. The van der Waals surface area contributed by atoms with Crippen LogP contribution in [-0.2, 0) is 0 Å². The van der Waals surface area contributed by atoms with Crippen molar-refractivity contribution in [2.75, 3.05) is 19.0 Å². The number of hydrogen-bond donors (Lipinski definition) is 4. The van der Waals surface area contributed by atoms with Crippen LogP contribution in [0, 0.1) is 4.77 Å². The van der Waals surface area contributed by atoms with E-state index in [1.165, 1.54) is 0 Å². The van der Waals surface area contributed by atoms with Crippen molar-refractivity contribution in [1.29, 1.82) is 0 Å². The van der Waals surface area contributed by atoms with E-state index in [1.54, 1.807) is 13.3 Å². The molecule has 96 valence electrons. The molecule has 0 fully saturated rings. The van der Waals surface area contributed by atoms with Gasteiger partial charge in [0.2, 0.25) is 0 Å². The normalized spacial score (nSPS) is 12.1. The van der Waals surface area contributed by atoms with Gasteiger partial charge in [-0.25, -0.2) is 0 Å². The van der Waals surface area contributed by atoms with Gasteiger partial charge >= 0.3 is 0 Å². The van der Waals surface area contributed by atoms with Crippen molar-refractivity contribution in [3.8, 4) is 5.75 Å². The van der Waals surface area contributed by atoms with E-state index in [-0.39, 0.29) is 0 Å². The predicted molar refractivity (Wildman–Crippen MR) is 72.4 cm³/mol. The van der Waals surface area contributed by atoms with Crippen LogP contribution >= 0.6 is 12.2 Å². The topological polar surface area (TPSA) is 73.1 Å². The molecule has 1 aromatic carbocycles. The third-order valence-corrected chi connectivity index (χ3v) is 2.79. The summed E-state index contributed by atoms with van der Waals surface area (Å²) in [4.78, 5) is 5.70. The summed E-state index contributed by atoms with van der Waals surface area (Å²) in [6.07, 6.45) is 1.000. The highest BCUT2D eigenvalue weighted by Gasteiger charge is 2.09. The molecule has 18 heavy (non-hydrogen) atoms. The van der Waals surface area contributed by atoms with Gasteiger partial charge in [-0.2, -0.15) is 0 Å². The second kappa shape index (κ2) is 5.70. The lowest BCUT2D eigenvalue weighted by Crippen LogP contribution is -2.13. The first kappa shape index (κ1) is 12.7. The summed E-state index contributed by atoms with van der Waals surface area (Å²) in [5, 5.41) is 13.1. The predicted octanol–water partition coefficient (Wildman–Crippen LogP) is 2.23. The number of aromatic amines is 2. The molecule has 6 heteroatoms. The molecule has 0 spiro atoms. The number of hydrogen-bond acceptors (Lipinski definition) is 4. The van der Waals surface area contributed by atoms with Gasteiger partial charge in [0, 0.05) is 12.7 Å². The number of rotatable bonds is 5. The van der Waals surface area contributed by atoms with E-state index in [4.69, 9.17) is 17.0 Å². The van der Waals surface area contributed by atoms with E-state index < -0.39 is 6.10 Å². The highest BCUT2D eigenvalue weighted by atomic mass is 32.1. The molecular formula is C12H15N3O2S. The lowest BCUT2D eigenvalue weighted by atomic mass is 10.2. The Morgan fingerprint density at radius 2 is 2.22 bits per heavy atom. The second-order valence-corrected chi connectivity index (χ2v) is 4.20. The average Bonchev–Trinajstić information content (AvgIpc) is 2.83. The maximum atomic E-state index is 9.96. The Morgan fingerprint density at radius 3 is 2.89 bits per heavy atom. The van der Waals surface area contributed by atoms with Gasteiger partial charge in [0.05, 0.1) is 18.5 Å². The number of para-hydroxylation sites is 2. The van der Waals surface area contributed by atoms with Crippen molar-refractivity contribution in [2.24, 2.45) is 0 Å². The number of imidazole rings is 1. The van der Waals surface area contributed by atoms with E-state index in [1.807, 2.05) is 24.3 Å². The van der Waals surface area contributed by atoms with E-state index >= 15 is 0 Å². The van der Waals surface area contributed by atoms with Gasteiger partial charge in [-0.05, 0) is 24.4 Å². The number of methoxy groups -OCH3 is 1. The van der Waals surface area contributed by atoms with Crippen LogP contribution in [0.2, 0.25) is 0 Å². The third-order valence-electron chi connectivity index (χ3n) is 2.57. The smallest absolute Gasteiger partial charge is 0.174 e. The first-order chi connectivity index (χ1) is 8.70. The molecule has 2 rings (SSSR count). The zero-order chi connectivity index (χ0) is 13.0. The van der Waals surface area contributed by atoms with E-state index in [0.29, 0.717) is 17.0 Å². The van der Waals surface area contributed by atoms with Gasteiger partial charge in [0.25, 0.3) is 0 Å². The number of anilines is 1. The first-order valence-electron chi connectivity index (χ1n) is 5.53. The summed E-state index contributed by atoms with van der Waals surface area (Å²) in [6.45, 7) is 0.365. The first-order valence-corrected chi connectivity index (χ1v) is 5.94. The Hall–Kier alpha value is -1.79. The molecule has 5 nitrogen and oxygen atoms in total. The fraction of sp³-hybridized carbons (Fsp3) is 0.250. The van der Waals surface area contributed by atoms with Crippen molar-refractivity contribution in [1.82, 2.24) is 9.97 Å². The van der Waals surface area contributed by atoms with Crippen LogP contribution in [0.3, 0.4) is 0 Å². The fourth-order valence-electron chi connectivity index (χ4n) is 1.63. The number of H-pyrrole nitrogens is 2. The maximum Gasteiger partial charge on any atom is 0.174 e. The SMILES string of the molecule is COc1ccccc1NCC(O)c1c[nH]c(=S)[nH]1. The summed E-state index contributed by atoms with van der Waals surface area (Å²) in [5.74, 6) is 0.742. The lowest BCUT2D eigenvalue weighted by Gasteiger charge is -2.13. The van der Waals surface area contributed by atoms with Crippen LogP contribution in [0.15, 0.2) is 30.5 Å². The van der Waals surface area contributed by atoms with Crippen molar-refractivity contribution < 1.29 is 9.84 Å². The minimum absolute atomic E-state index is 0.365. The van der Waals surface area contributed by atoms with E-state index in [9.17, 15) is 5.11 Å². The monoisotopic (exact) mass is 265 g/mol. The minimum atomic E-state index is -0.664. The third kappa shape index (κ3) is 2.91. The molecule has 0 aliphatic carbocycles. The van der Waals surface area contributed by atoms with Crippen LogP contribution in [0.4, 0.5) is 5.69 Å². The Labute approximate surface area is 110 Å². The number of nitrogens with one attached hydrogen (secondary N) is 3. The van der Waals surface area contributed by atoms with Crippen molar-refractivity contribution in [2.45, 2.75) is 6.10 Å². The minimum Gasteiger partial charge on any atom is -0.495 e. The average molecular weight is 265 g/mol. The van der Waals surface area contributed by atoms with Gasteiger partial charge in [-0.1, -0.05) is 12.1 Å². The molecule has 0 saturated heterocycles. The number of aromatic nitrogens is 2. The summed E-state index contributed by atoms with van der Waals surface area (Å²) in [5.41, 5.74) is 1.50. The molecule has 1 unspecified atom stereocenters. The van der Waals surface area contributed by atoms with Crippen molar-refractivity contribution >= 4 is 17.9 Å². The highest BCUT2D eigenvalue weighted by molar-refractivity contribution is 7.71. The molecule has 0 amide bonds. The van der Waals surface area contributed by atoms with Gasteiger partial charge in [-0.15, -0.1) is 0 Å². The Balaban J connectivity index is 2.01. The molecule has 2 aromatic rings. The van der Waals surface area contributed by atoms with Crippen LogP contribution in [0.1, 0.15) is 11.8 Å². The molecule has 0 saturated carbocycles. The lowest BCUT2D eigenvalue weighted by molar-refractivity contribution is 0.187. The van der Waals surface area contributed by atoms with Crippen LogP contribution in [0.5, 0.6) is 5.75 Å². The Bertz CT molecular complexity index is 564. The Morgan fingerprint density at radius 1 is 1.44 bits per heavy atom. The summed E-state index contributed by atoms with van der Waals surface area (Å²) in [6, 6.07) is 7.55. The molecule has 0 radical (unpaired) electrons. The van der Waals surface area contributed by atoms with Gasteiger partial charge < -0.3 is 25.1 Å². The van der Waals surface area contributed by atoms with Gasteiger partial charge in [0.1, 0.15) is 11.9 Å². The highest BCUT2D eigenvalue weighted by Crippen LogP contribution is 2.23. The zero-order valence-electron chi connectivity index (χ0n) is 9.93. The summed E-state index contributed by atoms with van der Waals surface area (Å²) >= 11 is 4.91. The Kier molecular flexibility index (Phi) is 4.01. The second-order valence-electron chi connectivity index (χ2n) is 3.80.